The van der Waals surface area contributed by atoms with Gasteiger partial charge in [0, 0.05) is 16.3 Å². The summed E-state index contributed by atoms with van der Waals surface area (Å²) in [5.74, 6) is -0.817. The zero-order valence-corrected chi connectivity index (χ0v) is 20.9. The van der Waals surface area contributed by atoms with E-state index >= 15 is 0 Å². The molecule has 1 heterocycles. The van der Waals surface area contributed by atoms with E-state index < -0.39 is 17.7 Å². The third-order valence-electron chi connectivity index (χ3n) is 6.25. The number of ketones is 1. The smallest absolute Gasteiger partial charge is 0.300 e. The summed E-state index contributed by atoms with van der Waals surface area (Å²) >= 11 is 6.27. The number of hydrogen-bond acceptors (Lipinski definition) is 5. The normalized spacial score (nSPS) is 17.1. The molecule has 0 aliphatic carbocycles. The van der Waals surface area contributed by atoms with Gasteiger partial charge in [-0.15, -0.1) is 0 Å². The molecule has 3 aromatic carbocycles. The van der Waals surface area contributed by atoms with Gasteiger partial charge in [0.05, 0.1) is 25.8 Å². The number of amides is 1. The lowest BCUT2D eigenvalue weighted by molar-refractivity contribution is -0.132. The van der Waals surface area contributed by atoms with E-state index in [1.165, 1.54) is 19.1 Å². The second kappa shape index (κ2) is 9.47. The molecule has 0 aromatic heterocycles. The predicted molar refractivity (Wildman–Crippen MR) is 136 cm³/mol. The first-order valence-electron chi connectivity index (χ1n) is 11.0. The van der Waals surface area contributed by atoms with Crippen molar-refractivity contribution < 1.29 is 24.2 Å². The molecule has 1 aliphatic rings. The van der Waals surface area contributed by atoms with Crippen LogP contribution in [0.1, 0.15) is 33.9 Å². The maximum atomic E-state index is 13.5. The van der Waals surface area contributed by atoms with Gasteiger partial charge in [-0.25, -0.2) is 0 Å². The molecular weight excluding hydrogens is 466 g/mol. The molecule has 6 nitrogen and oxygen atoms in total. The number of aliphatic hydroxyl groups excluding tert-OH is 1. The summed E-state index contributed by atoms with van der Waals surface area (Å²) in [6.07, 6.45) is 0. The minimum absolute atomic E-state index is 0.00436. The number of aliphatic hydroxyl groups is 1. The number of methoxy groups -OCH3 is 2. The van der Waals surface area contributed by atoms with E-state index in [0.29, 0.717) is 33.3 Å². The van der Waals surface area contributed by atoms with Crippen LogP contribution in [0.4, 0.5) is 5.69 Å². The first kappa shape index (κ1) is 24.4. The number of Topliss-reactive ketones (excluding diaryl/α,β-unsaturated/α-hetero) is 1. The number of hydrogen-bond donors (Lipinski definition) is 1. The van der Waals surface area contributed by atoms with E-state index in [-0.39, 0.29) is 11.3 Å². The Kier molecular flexibility index (Phi) is 6.59. The summed E-state index contributed by atoms with van der Waals surface area (Å²) in [6.45, 7) is 5.58. The minimum Gasteiger partial charge on any atom is -0.507 e. The maximum Gasteiger partial charge on any atom is 0.300 e. The van der Waals surface area contributed by atoms with Gasteiger partial charge in [-0.3, -0.25) is 14.5 Å². The van der Waals surface area contributed by atoms with E-state index in [1.54, 1.807) is 42.5 Å². The summed E-state index contributed by atoms with van der Waals surface area (Å²) in [4.78, 5) is 28.3. The largest absolute Gasteiger partial charge is 0.507 e. The Balaban J connectivity index is 2.04. The van der Waals surface area contributed by atoms with Gasteiger partial charge in [0.25, 0.3) is 11.7 Å². The third kappa shape index (κ3) is 4.26. The van der Waals surface area contributed by atoms with Crippen LogP contribution in [0, 0.1) is 20.8 Å². The van der Waals surface area contributed by atoms with Gasteiger partial charge in [0.1, 0.15) is 5.76 Å². The van der Waals surface area contributed by atoms with Crippen molar-refractivity contribution >= 4 is 34.7 Å². The van der Waals surface area contributed by atoms with Crippen molar-refractivity contribution in [3.63, 3.8) is 0 Å². The Hall–Kier alpha value is -3.77. The summed E-state index contributed by atoms with van der Waals surface area (Å²) in [7, 11) is 3.04. The fourth-order valence-electron chi connectivity index (χ4n) is 4.40. The zero-order valence-electron chi connectivity index (χ0n) is 20.2. The SMILES string of the molecule is COc1ccc(C2/C(=C(\O)c3cc(C)ccc3C)C(=O)C(=O)N2c2cc(Cl)ccc2C)cc1OC. The summed E-state index contributed by atoms with van der Waals surface area (Å²) in [5.41, 5.74) is 4.01. The topological polar surface area (TPSA) is 76.1 Å². The van der Waals surface area contributed by atoms with Gasteiger partial charge in [-0.2, -0.15) is 0 Å². The Morgan fingerprint density at radius 2 is 1.57 bits per heavy atom. The zero-order chi connectivity index (χ0) is 25.4. The highest BCUT2D eigenvalue weighted by Gasteiger charge is 2.47. The van der Waals surface area contributed by atoms with E-state index in [2.05, 4.69) is 0 Å². The van der Waals surface area contributed by atoms with Crippen LogP contribution in [0.3, 0.4) is 0 Å². The Morgan fingerprint density at radius 3 is 2.26 bits per heavy atom. The molecule has 1 saturated heterocycles. The molecule has 1 unspecified atom stereocenters. The quantitative estimate of drug-likeness (QED) is 0.273. The molecule has 0 bridgehead atoms. The fraction of sp³-hybridized carbons (Fsp3) is 0.214. The van der Waals surface area contributed by atoms with Crippen molar-refractivity contribution in [2.45, 2.75) is 26.8 Å². The summed E-state index contributed by atoms with van der Waals surface area (Å²) in [6, 6.07) is 15.0. The number of ether oxygens (including phenoxy) is 2. The van der Waals surface area contributed by atoms with Crippen LogP contribution in [-0.2, 0) is 9.59 Å². The second-order valence-electron chi connectivity index (χ2n) is 8.53. The molecule has 0 spiro atoms. The Morgan fingerprint density at radius 1 is 0.886 bits per heavy atom. The number of halogens is 1. The molecule has 3 aromatic rings. The van der Waals surface area contributed by atoms with Gasteiger partial charge in [0.15, 0.2) is 11.5 Å². The first-order chi connectivity index (χ1) is 16.7. The molecule has 0 radical (unpaired) electrons. The van der Waals surface area contributed by atoms with E-state index in [1.807, 2.05) is 32.9 Å². The molecule has 7 heteroatoms. The standard InChI is InChI=1S/C28H26ClNO5/c1-15-6-7-16(2)20(12-15)26(31)24-25(18-9-11-22(34-4)23(13-18)35-5)30(28(33)27(24)32)21-14-19(29)10-8-17(21)3/h6-14,25,31H,1-5H3/b26-24+. The van der Waals surface area contributed by atoms with Crippen LogP contribution in [0.5, 0.6) is 11.5 Å². The number of carbonyl (C=O) groups is 2. The highest BCUT2D eigenvalue weighted by atomic mass is 35.5. The first-order valence-corrected chi connectivity index (χ1v) is 11.4. The highest BCUT2D eigenvalue weighted by molar-refractivity contribution is 6.52. The van der Waals surface area contributed by atoms with E-state index in [9.17, 15) is 14.7 Å². The highest BCUT2D eigenvalue weighted by Crippen LogP contribution is 2.45. The maximum absolute atomic E-state index is 13.5. The molecule has 35 heavy (non-hydrogen) atoms. The molecule has 180 valence electrons. The number of aryl methyl sites for hydroxylation is 3. The lowest BCUT2D eigenvalue weighted by Gasteiger charge is -2.27. The van der Waals surface area contributed by atoms with Gasteiger partial charge in [0.2, 0.25) is 0 Å². The van der Waals surface area contributed by atoms with Gasteiger partial charge in [-0.1, -0.05) is 41.4 Å². The monoisotopic (exact) mass is 491 g/mol. The van der Waals surface area contributed by atoms with Crippen LogP contribution in [-0.4, -0.2) is 31.0 Å². The summed E-state index contributed by atoms with van der Waals surface area (Å²) < 4.78 is 10.8. The number of benzene rings is 3. The molecule has 1 fully saturated rings. The van der Waals surface area contributed by atoms with Crippen LogP contribution in [0.25, 0.3) is 5.76 Å². The number of nitrogens with zero attached hydrogens (tertiary/aromatic N) is 1. The number of anilines is 1. The van der Waals surface area contributed by atoms with Crippen molar-refractivity contribution in [1.29, 1.82) is 0 Å². The van der Waals surface area contributed by atoms with Crippen molar-refractivity contribution in [2.24, 2.45) is 0 Å². The van der Waals surface area contributed by atoms with Crippen LogP contribution < -0.4 is 14.4 Å². The van der Waals surface area contributed by atoms with E-state index in [4.69, 9.17) is 21.1 Å². The van der Waals surface area contributed by atoms with Crippen LogP contribution in [0.2, 0.25) is 5.02 Å². The second-order valence-corrected chi connectivity index (χ2v) is 8.97. The Labute approximate surface area is 209 Å². The predicted octanol–water partition coefficient (Wildman–Crippen LogP) is 5.91. The van der Waals surface area contributed by atoms with Crippen molar-refractivity contribution in [3.05, 3.63) is 93.0 Å². The molecule has 1 aliphatic heterocycles. The Bertz CT molecular complexity index is 1380. The molecule has 0 saturated carbocycles. The third-order valence-corrected chi connectivity index (χ3v) is 6.48. The van der Waals surface area contributed by atoms with Gasteiger partial charge < -0.3 is 14.6 Å². The van der Waals surface area contributed by atoms with Crippen LogP contribution in [0.15, 0.2) is 60.2 Å². The summed E-state index contributed by atoms with van der Waals surface area (Å²) in [5, 5.41) is 11.9. The van der Waals surface area contributed by atoms with Crippen molar-refractivity contribution in [3.8, 4) is 11.5 Å². The molecule has 4 rings (SSSR count). The van der Waals surface area contributed by atoms with Crippen molar-refractivity contribution in [1.82, 2.24) is 0 Å². The number of rotatable bonds is 5. The lowest BCUT2D eigenvalue weighted by Crippen LogP contribution is -2.30. The molecule has 1 amide bonds. The fourth-order valence-corrected chi connectivity index (χ4v) is 4.56. The minimum atomic E-state index is -0.910. The van der Waals surface area contributed by atoms with Crippen LogP contribution >= 0.6 is 11.6 Å². The van der Waals surface area contributed by atoms with Gasteiger partial charge >= 0.3 is 0 Å². The molecule has 1 atom stereocenters. The lowest BCUT2D eigenvalue weighted by atomic mass is 9.93. The van der Waals surface area contributed by atoms with Gasteiger partial charge in [-0.05, 0) is 67.8 Å². The molecule has 1 N–H and O–H groups in total. The molecular formula is C28H26ClNO5. The van der Waals surface area contributed by atoms with Crippen molar-refractivity contribution in [2.75, 3.05) is 19.1 Å². The average molecular weight is 492 g/mol. The average Bonchev–Trinajstić information content (AvgIpc) is 3.11. The van der Waals surface area contributed by atoms with E-state index in [0.717, 1.165) is 16.7 Å². The number of carbonyl (C=O) groups excluding carboxylic acids is 2.